The molecule has 2 unspecified atom stereocenters. The summed E-state index contributed by atoms with van der Waals surface area (Å²) in [7, 11) is 0. The molecule has 11 heteroatoms. The number of rotatable bonds is 2. The van der Waals surface area contributed by atoms with Gasteiger partial charge in [0.25, 0.3) is 5.56 Å². The van der Waals surface area contributed by atoms with Crippen molar-refractivity contribution >= 4 is 17.1 Å². The van der Waals surface area contributed by atoms with Crippen molar-refractivity contribution in [2.24, 2.45) is 0 Å². The summed E-state index contributed by atoms with van der Waals surface area (Å²) >= 11 is 0. The molecular formula is C12H14FN5O5. The van der Waals surface area contributed by atoms with Crippen molar-refractivity contribution in [1.82, 2.24) is 19.5 Å². The standard InChI is InChI=1S/C12H14FN5O5/c13-6-7(20)12(22,2-19)23-11(6)1-4(11)18-3-15-5-8(18)16-10(14)17-9(5)21/h3-4,6-7,19-20,22H,1-2H2,(H3,14,16,17,21)/t4?,6-,7+,11?,12-/m1/s1. The van der Waals surface area contributed by atoms with Crippen LogP contribution in [0.2, 0.25) is 0 Å². The van der Waals surface area contributed by atoms with Gasteiger partial charge in [0.1, 0.15) is 11.7 Å². The SMILES string of the molecule is Nc1nc2c(ncn2C2CC23O[C@](O)(CO)[C@@H](O)[C@H]3F)c(=O)[nH]1. The van der Waals surface area contributed by atoms with Gasteiger partial charge in [-0.3, -0.25) is 9.78 Å². The molecular weight excluding hydrogens is 313 g/mol. The van der Waals surface area contributed by atoms with Gasteiger partial charge in [-0.2, -0.15) is 4.98 Å². The van der Waals surface area contributed by atoms with Crippen molar-refractivity contribution in [3.8, 4) is 0 Å². The Labute approximate surface area is 127 Å². The highest BCUT2D eigenvalue weighted by atomic mass is 19.1. The topological polar surface area (TPSA) is 160 Å². The molecule has 2 aromatic heterocycles. The molecule has 1 saturated carbocycles. The summed E-state index contributed by atoms with van der Waals surface area (Å²) in [6.07, 6.45) is -2.38. The Morgan fingerprint density at radius 1 is 1.61 bits per heavy atom. The number of nitrogens with zero attached hydrogens (tertiary/aromatic N) is 3. The number of imidazole rings is 1. The number of aromatic amines is 1. The van der Waals surface area contributed by atoms with E-state index in [9.17, 15) is 19.4 Å². The number of nitrogens with two attached hydrogens (primary N) is 1. The maximum Gasteiger partial charge on any atom is 0.280 e. The number of H-pyrrole nitrogens is 1. The van der Waals surface area contributed by atoms with Crippen LogP contribution in [0.1, 0.15) is 12.5 Å². The number of hydrogen-bond donors (Lipinski definition) is 5. The van der Waals surface area contributed by atoms with Gasteiger partial charge in [0.2, 0.25) is 11.7 Å². The summed E-state index contributed by atoms with van der Waals surface area (Å²) in [5.74, 6) is -2.48. The Hall–Kier alpha value is -2.08. The molecule has 1 saturated heterocycles. The number of fused-ring (bicyclic) bond motifs is 1. The predicted octanol–water partition coefficient (Wildman–Crippen LogP) is -2.20. The number of nitrogens with one attached hydrogen (secondary N) is 1. The number of ether oxygens (including phenoxy) is 1. The van der Waals surface area contributed by atoms with Crippen LogP contribution in [-0.2, 0) is 4.74 Å². The summed E-state index contributed by atoms with van der Waals surface area (Å²) in [6, 6.07) is -0.647. The number of alkyl halides is 1. The van der Waals surface area contributed by atoms with Crippen molar-refractivity contribution in [3.63, 3.8) is 0 Å². The van der Waals surface area contributed by atoms with Gasteiger partial charge < -0.3 is 30.4 Å². The Bertz CT molecular complexity index is 854. The van der Waals surface area contributed by atoms with Gasteiger partial charge in [0.05, 0.1) is 19.0 Å². The largest absolute Gasteiger partial charge is 0.391 e. The average Bonchev–Trinajstić information content (AvgIpc) is 2.99. The highest BCUT2D eigenvalue weighted by Gasteiger charge is 2.74. The maximum absolute atomic E-state index is 14.4. The minimum atomic E-state index is -2.37. The van der Waals surface area contributed by atoms with E-state index in [4.69, 9.17) is 15.6 Å². The van der Waals surface area contributed by atoms with E-state index in [0.29, 0.717) is 0 Å². The second-order valence-electron chi connectivity index (χ2n) is 5.90. The van der Waals surface area contributed by atoms with Crippen molar-refractivity contribution < 1.29 is 24.4 Å². The van der Waals surface area contributed by atoms with E-state index >= 15 is 0 Å². The Balaban J connectivity index is 1.77. The Morgan fingerprint density at radius 3 is 3.00 bits per heavy atom. The summed E-state index contributed by atoms with van der Waals surface area (Å²) in [5.41, 5.74) is 3.65. The molecule has 1 aliphatic carbocycles. The lowest BCUT2D eigenvalue weighted by molar-refractivity contribution is -0.251. The lowest BCUT2D eigenvalue weighted by Crippen LogP contribution is -2.45. The van der Waals surface area contributed by atoms with Gasteiger partial charge in [0.15, 0.2) is 17.3 Å². The summed E-state index contributed by atoms with van der Waals surface area (Å²) in [6.45, 7) is -0.946. The molecule has 0 radical (unpaired) electrons. The molecule has 5 atom stereocenters. The lowest BCUT2D eigenvalue weighted by Gasteiger charge is -2.22. The lowest BCUT2D eigenvalue weighted by atomic mass is 10.1. The molecule has 1 aliphatic heterocycles. The third-order valence-corrected chi connectivity index (χ3v) is 4.50. The first-order valence-corrected chi connectivity index (χ1v) is 6.90. The third-order valence-electron chi connectivity index (χ3n) is 4.50. The number of aliphatic hydroxyl groups is 3. The zero-order valence-corrected chi connectivity index (χ0v) is 11.7. The molecule has 10 nitrogen and oxygen atoms in total. The number of halogens is 1. The minimum absolute atomic E-state index is 0.0348. The zero-order valence-electron chi connectivity index (χ0n) is 11.7. The van der Waals surface area contributed by atoms with E-state index in [0.717, 1.165) is 0 Å². The minimum Gasteiger partial charge on any atom is -0.391 e. The quantitative estimate of drug-likeness (QED) is 0.415. The number of aliphatic hydroxyl groups excluding tert-OH is 2. The smallest absolute Gasteiger partial charge is 0.280 e. The van der Waals surface area contributed by atoms with E-state index in [1.54, 1.807) is 0 Å². The van der Waals surface area contributed by atoms with Crippen LogP contribution >= 0.6 is 0 Å². The number of aromatic nitrogens is 4. The Kier molecular flexibility index (Phi) is 2.69. The van der Waals surface area contributed by atoms with Gasteiger partial charge in [0, 0.05) is 6.42 Å². The fraction of sp³-hybridized carbons (Fsp3) is 0.583. The average molecular weight is 327 g/mol. The van der Waals surface area contributed by atoms with E-state index in [2.05, 4.69) is 15.0 Å². The van der Waals surface area contributed by atoms with E-state index < -0.39 is 41.9 Å². The summed E-state index contributed by atoms with van der Waals surface area (Å²) in [4.78, 5) is 22.0. The predicted molar refractivity (Wildman–Crippen MR) is 73.0 cm³/mol. The van der Waals surface area contributed by atoms with Crippen LogP contribution in [0.3, 0.4) is 0 Å². The Morgan fingerprint density at radius 2 is 2.35 bits per heavy atom. The van der Waals surface area contributed by atoms with Gasteiger partial charge in [-0.25, -0.2) is 9.37 Å². The van der Waals surface area contributed by atoms with Crippen LogP contribution in [0, 0.1) is 0 Å². The fourth-order valence-corrected chi connectivity index (χ4v) is 3.22. The highest BCUT2D eigenvalue weighted by Crippen LogP contribution is 2.61. The van der Waals surface area contributed by atoms with Gasteiger partial charge in [-0.05, 0) is 0 Å². The van der Waals surface area contributed by atoms with Gasteiger partial charge in [-0.1, -0.05) is 0 Å². The van der Waals surface area contributed by atoms with Crippen LogP contribution in [-0.4, -0.2) is 65.1 Å². The van der Waals surface area contributed by atoms with Crippen molar-refractivity contribution in [3.05, 3.63) is 16.7 Å². The molecule has 23 heavy (non-hydrogen) atoms. The van der Waals surface area contributed by atoms with Crippen LogP contribution in [0.5, 0.6) is 0 Å². The molecule has 2 fully saturated rings. The first-order chi connectivity index (χ1) is 10.8. The monoisotopic (exact) mass is 327 g/mol. The van der Waals surface area contributed by atoms with Gasteiger partial charge in [-0.15, -0.1) is 0 Å². The molecule has 2 aliphatic rings. The van der Waals surface area contributed by atoms with Crippen molar-refractivity contribution in [1.29, 1.82) is 0 Å². The van der Waals surface area contributed by atoms with E-state index in [1.165, 1.54) is 10.9 Å². The second-order valence-corrected chi connectivity index (χ2v) is 5.90. The summed E-state index contributed by atoms with van der Waals surface area (Å²) in [5, 5.41) is 28.9. The molecule has 1 spiro atoms. The first-order valence-electron chi connectivity index (χ1n) is 6.90. The molecule has 6 N–H and O–H groups in total. The maximum atomic E-state index is 14.4. The van der Waals surface area contributed by atoms with Crippen molar-refractivity contribution in [2.75, 3.05) is 12.3 Å². The number of hydrogen-bond acceptors (Lipinski definition) is 8. The highest BCUT2D eigenvalue weighted by molar-refractivity contribution is 5.71. The van der Waals surface area contributed by atoms with Crippen molar-refractivity contribution in [2.45, 2.75) is 36.1 Å². The molecule has 0 bridgehead atoms. The molecule has 124 valence electrons. The molecule has 0 amide bonds. The molecule has 0 aromatic carbocycles. The van der Waals surface area contributed by atoms with E-state index in [1.807, 2.05) is 0 Å². The van der Waals surface area contributed by atoms with Crippen LogP contribution in [0.4, 0.5) is 10.3 Å². The van der Waals surface area contributed by atoms with Crippen LogP contribution in [0.25, 0.3) is 11.2 Å². The number of anilines is 1. The van der Waals surface area contributed by atoms with Crippen LogP contribution in [0.15, 0.2) is 11.1 Å². The molecule has 4 rings (SSSR count). The molecule has 2 aromatic rings. The molecule has 3 heterocycles. The number of nitrogen functional groups attached to an aromatic ring is 1. The first kappa shape index (κ1) is 14.5. The fourth-order valence-electron chi connectivity index (χ4n) is 3.22. The van der Waals surface area contributed by atoms with Crippen LogP contribution < -0.4 is 11.3 Å². The summed E-state index contributed by atoms with van der Waals surface area (Å²) < 4.78 is 21.1. The second kappa shape index (κ2) is 4.26. The van der Waals surface area contributed by atoms with E-state index in [-0.39, 0.29) is 23.5 Å². The normalized spacial score (nSPS) is 39.4. The zero-order chi connectivity index (χ0) is 16.6. The third kappa shape index (κ3) is 1.72. The van der Waals surface area contributed by atoms with Gasteiger partial charge >= 0.3 is 0 Å².